The van der Waals surface area contributed by atoms with Crippen LogP contribution in [-0.4, -0.2) is 30.7 Å². The molecule has 288 valence electrons. The van der Waals surface area contributed by atoms with Crippen LogP contribution in [0.25, 0.3) is 0 Å². The molecule has 14 atom stereocenters. The average Bonchev–Trinajstić information content (AvgIpc) is 3.60. The molecule has 2 saturated heterocycles. The van der Waals surface area contributed by atoms with E-state index in [0.717, 1.165) is 71.0 Å². The predicted octanol–water partition coefficient (Wildman–Crippen LogP) is 10.9. The predicted molar refractivity (Wildman–Crippen MR) is 209 cm³/mol. The van der Waals surface area contributed by atoms with Crippen molar-refractivity contribution in [3.05, 3.63) is 0 Å². The smallest absolute Gasteiger partial charge is 0.0666 e. The molecule has 0 aromatic heterocycles. The van der Waals surface area contributed by atoms with Crippen LogP contribution in [0.1, 0.15) is 186 Å². The van der Waals surface area contributed by atoms with E-state index in [1.165, 1.54) is 148 Å². The Kier molecular flexibility index (Phi) is 10.9. The normalized spacial score (nSPS) is 51.5. The highest BCUT2D eigenvalue weighted by Gasteiger charge is 2.59. The van der Waals surface area contributed by atoms with Crippen LogP contribution in [0, 0.1) is 76.9 Å². The number of hydrogen-bond acceptors (Lipinski definition) is 4. The lowest BCUT2D eigenvalue weighted by molar-refractivity contribution is -0.0821. The molecular formula is C47H79N3O. The quantitative estimate of drug-likeness (QED) is 0.267. The van der Waals surface area contributed by atoms with E-state index < -0.39 is 0 Å². The van der Waals surface area contributed by atoms with Gasteiger partial charge in [0.05, 0.1) is 30.7 Å². The summed E-state index contributed by atoms with van der Waals surface area (Å²) in [5.74, 6) is 12.2. The zero-order valence-electron chi connectivity index (χ0n) is 32.8. The highest BCUT2D eigenvalue weighted by Crippen LogP contribution is 2.60. The molecular weight excluding hydrogens is 623 g/mol. The average molecular weight is 702 g/mol. The van der Waals surface area contributed by atoms with E-state index in [1.54, 1.807) is 38.5 Å². The van der Waals surface area contributed by atoms with Crippen molar-refractivity contribution in [2.45, 2.75) is 217 Å². The molecule has 0 aromatic carbocycles. The first-order chi connectivity index (χ1) is 25.3. The molecule has 4 nitrogen and oxygen atoms in total. The Morgan fingerprint density at radius 3 is 1.51 bits per heavy atom. The van der Waals surface area contributed by atoms with Crippen molar-refractivity contribution in [2.24, 2.45) is 76.9 Å². The first-order valence-electron chi connectivity index (χ1n) is 24.2. The molecule has 10 aliphatic rings. The van der Waals surface area contributed by atoms with Crippen molar-refractivity contribution in [1.29, 1.82) is 0 Å². The van der Waals surface area contributed by atoms with Crippen molar-refractivity contribution in [3.8, 4) is 0 Å². The van der Waals surface area contributed by atoms with Crippen molar-refractivity contribution in [2.75, 3.05) is 0 Å². The van der Waals surface area contributed by atoms with E-state index in [4.69, 9.17) is 4.74 Å². The molecule has 2 heterocycles. The Bertz CT molecular complexity index is 1120. The van der Waals surface area contributed by atoms with Crippen LogP contribution in [0.3, 0.4) is 0 Å². The maximum Gasteiger partial charge on any atom is 0.0666 e. The Labute approximate surface area is 313 Å². The summed E-state index contributed by atoms with van der Waals surface area (Å²) < 4.78 is 7.59. The largest absolute Gasteiger partial charge is 0.374 e. The summed E-state index contributed by atoms with van der Waals surface area (Å²) in [4.78, 5) is 0. The molecule has 4 heteroatoms. The van der Waals surface area contributed by atoms with Crippen molar-refractivity contribution in [3.63, 3.8) is 0 Å². The second-order valence-corrected chi connectivity index (χ2v) is 21.3. The number of hydrogen-bond donors (Lipinski definition) is 3. The van der Waals surface area contributed by atoms with Crippen LogP contribution in [0.15, 0.2) is 0 Å². The fourth-order valence-electron chi connectivity index (χ4n) is 16.6. The maximum absolute atomic E-state index is 7.59. The van der Waals surface area contributed by atoms with Crippen LogP contribution in [0.4, 0.5) is 0 Å². The van der Waals surface area contributed by atoms with Crippen LogP contribution >= 0.6 is 0 Å². The lowest BCUT2D eigenvalue weighted by atomic mass is 9.53. The van der Waals surface area contributed by atoms with Crippen LogP contribution < -0.4 is 16.0 Å². The summed E-state index contributed by atoms with van der Waals surface area (Å²) in [5.41, 5.74) is 0. The Morgan fingerprint density at radius 1 is 0.294 bits per heavy atom. The molecule has 14 unspecified atom stereocenters. The van der Waals surface area contributed by atoms with Gasteiger partial charge in [-0.05, 0) is 161 Å². The SMILES string of the molecule is C1CCC(C2NC(C3CCC(C4CCC5CCCCC5C4)CC3)NC(C3CCCC4C3OC3CC(C5CCCCC5)C5CCCCC5C34)N2)CC1. The maximum atomic E-state index is 7.59. The number of rotatable bonds is 5. The van der Waals surface area contributed by atoms with Gasteiger partial charge in [0.1, 0.15) is 0 Å². The highest BCUT2D eigenvalue weighted by atomic mass is 16.5. The Balaban J connectivity index is 0.840. The van der Waals surface area contributed by atoms with E-state index in [1.807, 2.05) is 0 Å². The van der Waals surface area contributed by atoms with E-state index in [0.29, 0.717) is 36.6 Å². The second kappa shape index (κ2) is 15.8. The fraction of sp³-hybridized carbons (Fsp3) is 1.00. The minimum absolute atomic E-state index is 0.423. The fourth-order valence-corrected chi connectivity index (χ4v) is 16.6. The molecule has 0 aromatic rings. The lowest BCUT2D eigenvalue weighted by Gasteiger charge is -2.52. The lowest BCUT2D eigenvalue weighted by Crippen LogP contribution is -2.73. The van der Waals surface area contributed by atoms with Gasteiger partial charge in [0.15, 0.2) is 0 Å². The summed E-state index contributed by atoms with van der Waals surface area (Å²) in [6.45, 7) is 0. The number of fused-ring (bicyclic) bond motifs is 6. The summed E-state index contributed by atoms with van der Waals surface area (Å²) >= 11 is 0. The Hall–Kier alpha value is -0.160. The van der Waals surface area contributed by atoms with Crippen LogP contribution in [0.5, 0.6) is 0 Å². The first-order valence-corrected chi connectivity index (χ1v) is 24.2. The van der Waals surface area contributed by atoms with Crippen molar-refractivity contribution >= 4 is 0 Å². The van der Waals surface area contributed by atoms with E-state index in [-0.39, 0.29) is 0 Å². The summed E-state index contributed by atoms with van der Waals surface area (Å²) in [5, 5.41) is 13.1. The van der Waals surface area contributed by atoms with Gasteiger partial charge in [-0.15, -0.1) is 0 Å². The summed E-state index contributed by atoms with van der Waals surface area (Å²) in [6, 6.07) is 0. The van der Waals surface area contributed by atoms with E-state index in [9.17, 15) is 0 Å². The van der Waals surface area contributed by atoms with Crippen molar-refractivity contribution < 1.29 is 4.74 Å². The minimum atomic E-state index is 0.423. The molecule has 2 aliphatic heterocycles. The molecule has 0 radical (unpaired) electrons. The van der Waals surface area contributed by atoms with Gasteiger partial charge in [-0.1, -0.05) is 96.3 Å². The third kappa shape index (κ3) is 7.09. The third-order valence-corrected chi connectivity index (χ3v) is 19.0. The van der Waals surface area contributed by atoms with Gasteiger partial charge in [-0.3, -0.25) is 16.0 Å². The number of nitrogens with one attached hydrogen (secondary N) is 3. The second-order valence-electron chi connectivity index (χ2n) is 21.3. The molecule has 8 saturated carbocycles. The molecule has 0 amide bonds. The van der Waals surface area contributed by atoms with Gasteiger partial charge in [0, 0.05) is 5.92 Å². The van der Waals surface area contributed by atoms with Crippen LogP contribution in [0.2, 0.25) is 0 Å². The van der Waals surface area contributed by atoms with Gasteiger partial charge in [-0.25, -0.2) is 0 Å². The minimum Gasteiger partial charge on any atom is -0.374 e. The first kappa shape index (κ1) is 35.3. The molecule has 10 rings (SSSR count). The molecule has 10 fully saturated rings. The van der Waals surface area contributed by atoms with Gasteiger partial charge in [0.25, 0.3) is 0 Å². The monoisotopic (exact) mass is 702 g/mol. The van der Waals surface area contributed by atoms with Gasteiger partial charge in [0.2, 0.25) is 0 Å². The van der Waals surface area contributed by atoms with E-state index >= 15 is 0 Å². The molecule has 0 bridgehead atoms. The van der Waals surface area contributed by atoms with Crippen molar-refractivity contribution in [1.82, 2.24) is 16.0 Å². The molecule has 51 heavy (non-hydrogen) atoms. The highest BCUT2D eigenvalue weighted by molar-refractivity contribution is 5.08. The van der Waals surface area contributed by atoms with Gasteiger partial charge >= 0.3 is 0 Å². The third-order valence-electron chi connectivity index (χ3n) is 19.0. The molecule has 0 spiro atoms. The standard InChI is InChI=1S/C47H79N3O/c1-3-13-32(14-4-1)41-29-42-43(38-19-10-9-18-37(38)41)39-20-11-21-40(44(39)51-42)47-49-45(33-15-5-2-6-16-33)48-46(50-47)34-25-22-31(23-26-34)36-27-24-30-12-7-8-17-35(30)28-36/h30-50H,1-29H2. The molecule has 8 aliphatic carbocycles. The topological polar surface area (TPSA) is 45.3 Å². The summed E-state index contributed by atoms with van der Waals surface area (Å²) in [6.07, 6.45) is 45.7. The number of ether oxygens (including phenoxy) is 1. The van der Waals surface area contributed by atoms with Gasteiger partial charge in [-0.2, -0.15) is 0 Å². The van der Waals surface area contributed by atoms with Gasteiger partial charge < -0.3 is 4.74 Å². The summed E-state index contributed by atoms with van der Waals surface area (Å²) in [7, 11) is 0. The zero-order valence-corrected chi connectivity index (χ0v) is 32.8. The Morgan fingerprint density at radius 2 is 0.765 bits per heavy atom. The van der Waals surface area contributed by atoms with Crippen LogP contribution in [-0.2, 0) is 4.74 Å². The van der Waals surface area contributed by atoms with E-state index in [2.05, 4.69) is 16.0 Å². The molecule has 3 N–H and O–H groups in total. The zero-order chi connectivity index (χ0) is 33.7.